The Morgan fingerprint density at radius 3 is 2.62 bits per heavy atom. The number of hydrogen-bond donors (Lipinski definition) is 0. The predicted molar refractivity (Wildman–Crippen MR) is 71.6 cm³/mol. The highest BCUT2D eigenvalue weighted by molar-refractivity contribution is 9.11. The molecule has 0 bridgehead atoms. The summed E-state index contributed by atoms with van der Waals surface area (Å²) in [5.74, 6) is 0.164. The first-order valence-corrected chi connectivity index (χ1v) is 7.20. The zero-order valence-corrected chi connectivity index (χ0v) is 12.1. The summed E-state index contributed by atoms with van der Waals surface area (Å²) in [4.78, 5) is 18.2. The smallest absolute Gasteiger partial charge is 0.179 e. The van der Waals surface area contributed by atoms with Crippen molar-refractivity contribution < 1.29 is 4.79 Å². The van der Waals surface area contributed by atoms with Gasteiger partial charge in [0.2, 0.25) is 0 Å². The zero-order valence-electron chi connectivity index (χ0n) is 8.91. The highest BCUT2D eigenvalue weighted by Gasteiger charge is 2.14. The molecule has 2 aromatic heterocycles. The van der Waals surface area contributed by atoms with E-state index >= 15 is 0 Å². The number of aryl methyl sites for hydroxylation is 2. The van der Waals surface area contributed by atoms with E-state index in [1.807, 2.05) is 26.0 Å². The maximum atomic E-state index is 12.0. The summed E-state index contributed by atoms with van der Waals surface area (Å²) >= 11 is 6.48. The number of thiophene rings is 1. The highest BCUT2D eigenvalue weighted by Crippen LogP contribution is 2.25. The largest absolute Gasteiger partial charge is 0.293 e. The van der Waals surface area contributed by atoms with Gasteiger partial charge in [0.05, 0.1) is 19.4 Å². The van der Waals surface area contributed by atoms with Crippen molar-refractivity contribution in [3.05, 3.63) is 36.4 Å². The SMILES string of the molecule is Cc1nc(C)c(C(=O)Cc2ccc(Br)s2)s1. The first-order chi connectivity index (χ1) is 7.56. The van der Waals surface area contributed by atoms with E-state index in [2.05, 4.69) is 20.9 Å². The minimum Gasteiger partial charge on any atom is -0.293 e. The molecule has 0 aliphatic heterocycles. The number of carbonyl (C=O) groups is 1. The van der Waals surface area contributed by atoms with Crippen LogP contribution in [0.4, 0.5) is 0 Å². The van der Waals surface area contributed by atoms with Crippen LogP contribution in [0.5, 0.6) is 0 Å². The number of nitrogens with zero attached hydrogens (tertiary/aromatic N) is 1. The van der Waals surface area contributed by atoms with E-state index in [1.165, 1.54) is 11.3 Å². The van der Waals surface area contributed by atoms with Gasteiger partial charge < -0.3 is 0 Å². The molecular formula is C11H10BrNOS2. The van der Waals surface area contributed by atoms with Crippen LogP contribution >= 0.6 is 38.6 Å². The number of Topliss-reactive ketones (excluding diaryl/α,β-unsaturated/α-hetero) is 1. The third-order valence-electron chi connectivity index (χ3n) is 2.12. The molecular weight excluding hydrogens is 306 g/mol. The Kier molecular flexibility index (Phi) is 3.56. The summed E-state index contributed by atoms with van der Waals surface area (Å²) in [5, 5.41) is 0.952. The lowest BCUT2D eigenvalue weighted by Gasteiger charge is -1.95. The van der Waals surface area contributed by atoms with E-state index in [4.69, 9.17) is 0 Å². The summed E-state index contributed by atoms with van der Waals surface area (Å²) < 4.78 is 1.06. The van der Waals surface area contributed by atoms with Gasteiger partial charge in [-0.15, -0.1) is 22.7 Å². The van der Waals surface area contributed by atoms with Crippen LogP contribution in [0.15, 0.2) is 15.9 Å². The Labute approximate surface area is 110 Å². The van der Waals surface area contributed by atoms with Crippen molar-refractivity contribution in [2.24, 2.45) is 0 Å². The third-order valence-corrected chi connectivity index (χ3v) is 4.86. The molecule has 0 unspecified atom stereocenters. The van der Waals surface area contributed by atoms with Gasteiger partial charge in [-0.25, -0.2) is 4.98 Å². The molecule has 0 aromatic carbocycles. The van der Waals surface area contributed by atoms with Gasteiger partial charge in [-0.2, -0.15) is 0 Å². The summed E-state index contributed by atoms with van der Waals surface area (Å²) in [6, 6.07) is 3.95. The topological polar surface area (TPSA) is 30.0 Å². The Morgan fingerprint density at radius 2 is 2.12 bits per heavy atom. The number of ketones is 1. The molecule has 0 spiro atoms. The van der Waals surface area contributed by atoms with Crippen LogP contribution in [-0.4, -0.2) is 10.8 Å². The van der Waals surface area contributed by atoms with Crippen molar-refractivity contribution in [2.75, 3.05) is 0 Å². The van der Waals surface area contributed by atoms with Crippen LogP contribution in [0.2, 0.25) is 0 Å². The quantitative estimate of drug-likeness (QED) is 0.801. The Morgan fingerprint density at radius 1 is 1.38 bits per heavy atom. The molecule has 5 heteroatoms. The van der Waals surface area contributed by atoms with Crippen LogP contribution in [0.1, 0.15) is 25.3 Å². The lowest BCUT2D eigenvalue weighted by molar-refractivity contribution is 0.0997. The van der Waals surface area contributed by atoms with Gasteiger partial charge in [-0.05, 0) is 41.9 Å². The Bertz CT molecular complexity index is 530. The van der Waals surface area contributed by atoms with E-state index in [0.29, 0.717) is 6.42 Å². The van der Waals surface area contributed by atoms with Gasteiger partial charge in [0, 0.05) is 11.3 Å². The molecule has 2 heterocycles. The van der Waals surface area contributed by atoms with Crippen molar-refractivity contribution in [3.63, 3.8) is 0 Å². The van der Waals surface area contributed by atoms with Crippen LogP contribution in [0.25, 0.3) is 0 Å². The molecule has 0 N–H and O–H groups in total. The molecule has 2 rings (SSSR count). The van der Waals surface area contributed by atoms with E-state index in [1.54, 1.807) is 11.3 Å². The van der Waals surface area contributed by atoms with Gasteiger partial charge in [-0.1, -0.05) is 0 Å². The lowest BCUT2D eigenvalue weighted by Crippen LogP contribution is -2.01. The van der Waals surface area contributed by atoms with E-state index in [0.717, 1.165) is 24.2 Å². The fourth-order valence-electron chi connectivity index (χ4n) is 1.48. The number of thiazole rings is 1. The molecule has 0 atom stereocenters. The molecule has 0 aliphatic carbocycles. The Hall–Kier alpha value is -0.520. The normalized spacial score (nSPS) is 10.7. The monoisotopic (exact) mass is 315 g/mol. The number of carbonyl (C=O) groups excluding carboxylic acids is 1. The summed E-state index contributed by atoms with van der Waals surface area (Å²) in [5.41, 5.74) is 0.850. The number of rotatable bonds is 3. The molecule has 0 radical (unpaired) electrons. The van der Waals surface area contributed by atoms with Gasteiger partial charge in [0.1, 0.15) is 0 Å². The van der Waals surface area contributed by atoms with Crippen molar-refractivity contribution in [2.45, 2.75) is 20.3 Å². The third kappa shape index (κ3) is 2.59. The van der Waals surface area contributed by atoms with Crippen molar-refractivity contribution >= 4 is 44.4 Å². The molecule has 0 saturated heterocycles. The van der Waals surface area contributed by atoms with Gasteiger partial charge in [-0.3, -0.25) is 4.79 Å². The minimum atomic E-state index is 0.164. The second kappa shape index (κ2) is 4.77. The van der Waals surface area contributed by atoms with Crippen molar-refractivity contribution in [3.8, 4) is 0 Å². The van der Waals surface area contributed by atoms with E-state index in [9.17, 15) is 4.79 Å². The van der Waals surface area contributed by atoms with E-state index < -0.39 is 0 Å². The standard InChI is InChI=1S/C11H10BrNOS2/c1-6-11(15-7(2)13-6)9(14)5-8-3-4-10(12)16-8/h3-4H,5H2,1-2H3. The van der Waals surface area contributed by atoms with Crippen LogP contribution in [-0.2, 0) is 6.42 Å². The fourth-order valence-corrected chi connectivity index (χ4v) is 3.81. The van der Waals surface area contributed by atoms with Crippen LogP contribution in [0, 0.1) is 13.8 Å². The first kappa shape index (κ1) is 12.0. The lowest BCUT2D eigenvalue weighted by atomic mass is 10.2. The highest BCUT2D eigenvalue weighted by atomic mass is 79.9. The van der Waals surface area contributed by atoms with Gasteiger partial charge in [0.15, 0.2) is 5.78 Å². The molecule has 16 heavy (non-hydrogen) atoms. The second-order valence-electron chi connectivity index (χ2n) is 3.45. The molecule has 0 amide bonds. The van der Waals surface area contributed by atoms with Gasteiger partial charge in [0.25, 0.3) is 0 Å². The predicted octanol–water partition coefficient (Wildman–Crippen LogP) is 4.01. The maximum absolute atomic E-state index is 12.0. The van der Waals surface area contributed by atoms with Crippen LogP contribution < -0.4 is 0 Å². The molecule has 2 aromatic rings. The molecule has 84 valence electrons. The molecule has 0 aliphatic rings. The summed E-state index contributed by atoms with van der Waals surface area (Å²) in [7, 11) is 0. The number of hydrogen-bond acceptors (Lipinski definition) is 4. The summed E-state index contributed by atoms with van der Waals surface area (Å²) in [6.07, 6.45) is 0.471. The molecule has 2 nitrogen and oxygen atoms in total. The van der Waals surface area contributed by atoms with E-state index in [-0.39, 0.29) is 5.78 Å². The van der Waals surface area contributed by atoms with Gasteiger partial charge >= 0.3 is 0 Å². The van der Waals surface area contributed by atoms with Crippen molar-refractivity contribution in [1.82, 2.24) is 4.98 Å². The molecule has 0 fully saturated rings. The first-order valence-electron chi connectivity index (χ1n) is 4.77. The fraction of sp³-hybridized carbons (Fsp3) is 0.273. The summed E-state index contributed by atoms with van der Waals surface area (Å²) in [6.45, 7) is 3.82. The average Bonchev–Trinajstić information content (AvgIpc) is 2.73. The maximum Gasteiger partial charge on any atom is 0.179 e. The Balaban J connectivity index is 2.17. The van der Waals surface area contributed by atoms with Crippen LogP contribution in [0.3, 0.4) is 0 Å². The zero-order chi connectivity index (χ0) is 11.7. The number of aromatic nitrogens is 1. The number of halogens is 1. The minimum absolute atomic E-state index is 0.164. The van der Waals surface area contributed by atoms with Crippen molar-refractivity contribution in [1.29, 1.82) is 0 Å². The molecule has 0 saturated carbocycles. The average molecular weight is 316 g/mol. The second-order valence-corrected chi connectivity index (χ2v) is 7.20.